The van der Waals surface area contributed by atoms with Gasteiger partial charge in [-0.3, -0.25) is 9.63 Å². The largest absolute Gasteiger partial charge is 0.272 e. The van der Waals surface area contributed by atoms with Gasteiger partial charge in [-0.05, 0) is 31.6 Å². The van der Waals surface area contributed by atoms with Crippen LogP contribution in [0.4, 0.5) is 0 Å². The van der Waals surface area contributed by atoms with Crippen LogP contribution in [0.1, 0.15) is 32.6 Å². The summed E-state index contributed by atoms with van der Waals surface area (Å²) in [6.07, 6.45) is 4.75. The molecule has 0 aromatic heterocycles. The Morgan fingerprint density at radius 3 is 2.58 bits per heavy atom. The second-order valence-corrected chi connectivity index (χ2v) is 3.96. The minimum absolute atomic E-state index is 0.0781. The third kappa shape index (κ3) is 1.61. The molecule has 0 aromatic carbocycles. The molecule has 0 radical (unpaired) electrons. The fourth-order valence-electron chi connectivity index (χ4n) is 1.39. The summed E-state index contributed by atoms with van der Waals surface area (Å²) in [4.78, 5) is 16.4. The van der Waals surface area contributed by atoms with Gasteiger partial charge in [-0.2, -0.15) is 0 Å². The van der Waals surface area contributed by atoms with Gasteiger partial charge in [-0.1, -0.05) is 6.92 Å². The Kier molecular flexibility index (Phi) is 2.05. The van der Waals surface area contributed by atoms with Gasteiger partial charge >= 0.3 is 0 Å². The van der Waals surface area contributed by atoms with Crippen LogP contribution in [0.15, 0.2) is 0 Å². The number of carbonyl (C=O) groups excluding carboxylic acids is 1. The average molecular weight is 169 g/mol. The van der Waals surface area contributed by atoms with Crippen molar-refractivity contribution in [3.63, 3.8) is 0 Å². The van der Waals surface area contributed by atoms with Crippen molar-refractivity contribution in [2.45, 2.75) is 38.7 Å². The monoisotopic (exact) mass is 169 g/mol. The summed E-state index contributed by atoms with van der Waals surface area (Å²) in [5, 5.41) is 0. The summed E-state index contributed by atoms with van der Waals surface area (Å²) < 4.78 is 0. The van der Waals surface area contributed by atoms with Gasteiger partial charge in [0.05, 0.1) is 6.10 Å². The van der Waals surface area contributed by atoms with E-state index in [0.717, 1.165) is 19.3 Å². The van der Waals surface area contributed by atoms with Crippen molar-refractivity contribution in [3.05, 3.63) is 0 Å². The fraction of sp³-hybridized carbons (Fsp3) is 0.889. The minimum atomic E-state index is 0.0781. The molecule has 0 spiro atoms. The maximum absolute atomic E-state index is 11.2. The number of hydrogen-bond donors (Lipinski definition) is 1. The molecule has 0 heterocycles. The van der Waals surface area contributed by atoms with Crippen LogP contribution in [0.25, 0.3) is 0 Å². The van der Waals surface area contributed by atoms with E-state index in [1.54, 1.807) is 0 Å². The fourth-order valence-corrected chi connectivity index (χ4v) is 1.39. The van der Waals surface area contributed by atoms with Crippen molar-refractivity contribution in [1.29, 1.82) is 0 Å². The topological polar surface area (TPSA) is 38.3 Å². The van der Waals surface area contributed by atoms with Crippen LogP contribution >= 0.6 is 0 Å². The zero-order chi connectivity index (χ0) is 8.55. The number of rotatable bonds is 3. The molecule has 3 nitrogen and oxygen atoms in total. The van der Waals surface area contributed by atoms with Crippen molar-refractivity contribution < 1.29 is 9.63 Å². The molecule has 0 aromatic rings. The molecule has 12 heavy (non-hydrogen) atoms. The molecule has 0 bridgehead atoms. The van der Waals surface area contributed by atoms with Gasteiger partial charge in [0.15, 0.2) is 0 Å². The van der Waals surface area contributed by atoms with Crippen molar-refractivity contribution in [1.82, 2.24) is 5.48 Å². The highest BCUT2D eigenvalue weighted by atomic mass is 16.7. The first kappa shape index (κ1) is 8.05. The van der Waals surface area contributed by atoms with Crippen LogP contribution in [0.2, 0.25) is 0 Å². The van der Waals surface area contributed by atoms with Crippen molar-refractivity contribution >= 4 is 5.91 Å². The average Bonchev–Trinajstić information content (AvgIpc) is 2.63. The zero-order valence-electron chi connectivity index (χ0n) is 7.38. The molecule has 0 saturated heterocycles. The Bertz CT molecular complexity index is 189. The number of hydrogen-bond acceptors (Lipinski definition) is 2. The molecule has 68 valence electrons. The van der Waals surface area contributed by atoms with E-state index in [1.807, 2.05) is 0 Å². The van der Waals surface area contributed by atoms with Gasteiger partial charge in [0.25, 0.3) is 0 Å². The molecule has 3 heteroatoms. The highest BCUT2D eigenvalue weighted by Crippen LogP contribution is 2.37. The van der Waals surface area contributed by atoms with Gasteiger partial charge in [-0.15, -0.1) is 0 Å². The quantitative estimate of drug-likeness (QED) is 0.645. The molecule has 2 aliphatic carbocycles. The van der Waals surface area contributed by atoms with Gasteiger partial charge < -0.3 is 0 Å². The SMILES string of the molecule is C[C@H]1C[C@@H]1C(=O)NOC1CCC1. The lowest BCUT2D eigenvalue weighted by Crippen LogP contribution is -2.34. The summed E-state index contributed by atoms with van der Waals surface area (Å²) in [6.45, 7) is 2.09. The second kappa shape index (κ2) is 3.05. The standard InChI is InChI=1S/C9H15NO2/c1-6-5-8(6)9(11)10-12-7-3-2-4-7/h6-8H,2-5H2,1H3,(H,10,11)/t6-,8-/m0/s1. The number of amides is 1. The number of hydroxylamine groups is 1. The lowest BCUT2D eigenvalue weighted by atomic mass is 9.97. The van der Waals surface area contributed by atoms with E-state index in [4.69, 9.17) is 4.84 Å². The first-order valence-corrected chi connectivity index (χ1v) is 4.73. The first-order chi connectivity index (χ1) is 5.77. The van der Waals surface area contributed by atoms with E-state index in [-0.39, 0.29) is 11.8 Å². The second-order valence-electron chi connectivity index (χ2n) is 3.96. The van der Waals surface area contributed by atoms with E-state index in [9.17, 15) is 4.79 Å². The molecular weight excluding hydrogens is 154 g/mol. The Labute approximate surface area is 72.4 Å². The molecule has 0 unspecified atom stereocenters. The molecule has 2 aliphatic rings. The lowest BCUT2D eigenvalue weighted by molar-refractivity contribution is -0.144. The summed E-state index contributed by atoms with van der Waals surface area (Å²) in [7, 11) is 0. The van der Waals surface area contributed by atoms with Gasteiger partial charge in [0.2, 0.25) is 5.91 Å². The lowest BCUT2D eigenvalue weighted by Gasteiger charge is -2.24. The summed E-state index contributed by atoms with van der Waals surface area (Å²) in [5.41, 5.74) is 2.54. The molecule has 2 fully saturated rings. The van der Waals surface area contributed by atoms with E-state index in [0.29, 0.717) is 12.0 Å². The predicted octanol–water partition coefficient (Wildman–Crippen LogP) is 1.24. The third-order valence-electron chi connectivity index (χ3n) is 2.82. The van der Waals surface area contributed by atoms with Crippen LogP contribution in [0.3, 0.4) is 0 Å². The molecule has 0 aliphatic heterocycles. The smallest absolute Gasteiger partial charge is 0.246 e. The summed E-state index contributed by atoms with van der Waals surface area (Å²) in [6, 6.07) is 0. The van der Waals surface area contributed by atoms with Crippen LogP contribution in [-0.2, 0) is 9.63 Å². The van der Waals surface area contributed by atoms with E-state index in [1.165, 1.54) is 6.42 Å². The minimum Gasteiger partial charge on any atom is -0.272 e. The van der Waals surface area contributed by atoms with Gasteiger partial charge in [0.1, 0.15) is 0 Å². The van der Waals surface area contributed by atoms with Gasteiger partial charge in [0, 0.05) is 5.92 Å². The van der Waals surface area contributed by atoms with Crippen molar-refractivity contribution in [2.24, 2.45) is 11.8 Å². The van der Waals surface area contributed by atoms with Crippen LogP contribution in [-0.4, -0.2) is 12.0 Å². The van der Waals surface area contributed by atoms with Crippen LogP contribution in [0.5, 0.6) is 0 Å². The Morgan fingerprint density at radius 2 is 2.17 bits per heavy atom. The highest BCUT2D eigenvalue weighted by molar-refractivity contribution is 5.80. The van der Waals surface area contributed by atoms with Gasteiger partial charge in [-0.25, -0.2) is 5.48 Å². The molecule has 2 rings (SSSR count). The Balaban J connectivity index is 1.62. The van der Waals surface area contributed by atoms with E-state index in [2.05, 4.69) is 12.4 Å². The summed E-state index contributed by atoms with van der Waals surface area (Å²) in [5.74, 6) is 0.870. The molecule has 1 amide bonds. The van der Waals surface area contributed by atoms with E-state index < -0.39 is 0 Å². The molecule has 1 N–H and O–H groups in total. The Morgan fingerprint density at radius 1 is 1.50 bits per heavy atom. The molecule has 2 saturated carbocycles. The normalized spacial score (nSPS) is 34.1. The third-order valence-corrected chi connectivity index (χ3v) is 2.82. The van der Waals surface area contributed by atoms with Crippen molar-refractivity contribution in [2.75, 3.05) is 0 Å². The number of nitrogens with one attached hydrogen (secondary N) is 1. The maximum Gasteiger partial charge on any atom is 0.246 e. The maximum atomic E-state index is 11.2. The van der Waals surface area contributed by atoms with Crippen molar-refractivity contribution in [3.8, 4) is 0 Å². The zero-order valence-corrected chi connectivity index (χ0v) is 7.38. The van der Waals surface area contributed by atoms with Crippen LogP contribution in [0, 0.1) is 11.8 Å². The molecule has 2 atom stereocenters. The Hall–Kier alpha value is -0.570. The highest BCUT2D eigenvalue weighted by Gasteiger charge is 2.39. The first-order valence-electron chi connectivity index (χ1n) is 4.73. The predicted molar refractivity (Wildman–Crippen MR) is 44.1 cm³/mol. The van der Waals surface area contributed by atoms with E-state index >= 15 is 0 Å². The van der Waals surface area contributed by atoms with Crippen LogP contribution < -0.4 is 5.48 Å². The number of carbonyl (C=O) groups is 1. The molecular formula is C9H15NO2. The summed E-state index contributed by atoms with van der Waals surface area (Å²) >= 11 is 0.